The van der Waals surface area contributed by atoms with E-state index in [1.54, 1.807) is 30.1 Å². The molecule has 1 amide bonds. The molecule has 2 N–H and O–H groups in total. The summed E-state index contributed by atoms with van der Waals surface area (Å²) in [5.41, 5.74) is 1.96. The van der Waals surface area contributed by atoms with Gasteiger partial charge in [-0.15, -0.1) is 0 Å². The van der Waals surface area contributed by atoms with Crippen molar-refractivity contribution < 1.29 is 4.79 Å². The van der Waals surface area contributed by atoms with Crippen LogP contribution in [0.5, 0.6) is 0 Å². The number of nitrogens with one attached hydrogen (secondary N) is 2. The van der Waals surface area contributed by atoms with Crippen LogP contribution >= 0.6 is 0 Å². The van der Waals surface area contributed by atoms with Crippen LogP contribution in [0.3, 0.4) is 0 Å². The predicted octanol–water partition coefficient (Wildman–Crippen LogP) is 0.348. The van der Waals surface area contributed by atoms with Crippen LogP contribution in [0.1, 0.15) is 16.2 Å². The van der Waals surface area contributed by atoms with Crippen molar-refractivity contribution in [3.8, 4) is 0 Å². The third-order valence-corrected chi connectivity index (χ3v) is 2.76. The van der Waals surface area contributed by atoms with Gasteiger partial charge in [-0.3, -0.25) is 9.89 Å². The maximum Gasteiger partial charge on any atom is 0.254 e. The predicted molar refractivity (Wildman–Crippen MR) is 66.1 cm³/mol. The Morgan fingerprint density at radius 3 is 2.95 bits per heavy atom. The molecule has 0 unspecified atom stereocenters. The first-order chi connectivity index (χ1) is 9.24. The van der Waals surface area contributed by atoms with E-state index in [0.717, 1.165) is 5.52 Å². The van der Waals surface area contributed by atoms with Crippen molar-refractivity contribution in [3.63, 3.8) is 0 Å². The molecule has 0 fully saturated rings. The number of amides is 1. The van der Waals surface area contributed by atoms with Crippen molar-refractivity contribution in [2.24, 2.45) is 0 Å². The van der Waals surface area contributed by atoms with Gasteiger partial charge < -0.3 is 4.90 Å². The number of aromatic amines is 2. The highest BCUT2D eigenvalue weighted by Crippen LogP contribution is 2.12. The van der Waals surface area contributed by atoms with Gasteiger partial charge in [-0.05, 0) is 18.2 Å². The summed E-state index contributed by atoms with van der Waals surface area (Å²) >= 11 is 0. The van der Waals surface area contributed by atoms with Gasteiger partial charge in [0.2, 0.25) is 0 Å². The van der Waals surface area contributed by atoms with Gasteiger partial charge in [-0.1, -0.05) is 0 Å². The minimum absolute atomic E-state index is 0.110. The van der Waals surface area contributed by atoms with E-state index in [9.17, 15) is 4.79 Å². The van der Waals surface area contributed by atoms with Crippen molar-refractivity contribution in [2.45, 2.75) is 6.54 Å². The van der Waals surface area contributed by atoms with Gasteiger partial charge in [0.1, 0.15) is 23.2 Å². The van der Waals surface area contributed by atoms with E-state index in [-0.39, 0.29) is 5.91 Å². The molecule has 2 aromatic heterocycles. The normalized spacial score (nSPS) is 10.8. The number of rotatable bonds is 3. The SMILES string of the molecule is CN(Cc1ncn[nH]1)C(=O)c1ccc2n[nH]nc2c1. The monoisotopic (exact) mass is 257 g/mol. The molecule has 96 valence electrons. The number of aromatic nitrogens is 6. The third kappa shape index (κ3) is 2.15. The Morgan fingerprint density at radius 1 is 1.32 bits per heavy atom. The van der Waals surface area contributed by atoms with Gasteiger partial charge in [-0.2, -0.15) is 20.5 Å². The molecule has 0 spiro atoms. The molecule has 0 bridgehead atoms. The molecule has 0 radical (unpaired) electrons. The second kappa shape index (κ2) is 4.48. The lowest BCUT2D eigenvalue weighted by molar-refractivity contribution is 0.0782. The van der Waals surface area contributed by atoms with Crippen LogP contribution in [0.4, 0.5) is 0 Å². The Labute approximate surface area is 107 Å². The summed E-state index contributed by atoms with van der Waals surface area (Å²) in [5, 5.41) is 16.9. The van der Waals surface area contributed by atoms with Crippen LogP contribution in [0, 0.1) is 0 Å². The van der Waals surface area contributed by atoms with Crippen molar-refractivity contribution in [3.05, 3.63) is 35.9 Å². The summed E-state index contributed by atoms with van der Waals surface area (Å²) in [6.45, 7) is 0.371. The van der Waals surface area contributed by atoms with Crippen LogP contribution < -0.4 is 0 Å². The topological polar surface area (TPSA) is 103 Å². The van der Waals surface area contributed by atoms with Crippen molar-refractivity contribution in [1.29, 1.82) is 0 Å². The molecule has 8 heteroatoms. The van der Waals surface area contributed by atoms with E-state index in [1.807, 2.05) is 0 Å². The molecule has 0 aliphatic rings. The first-order valence-electron chi connectivity index (χ1n) is 5.64. The van der Waals surface area contributed by atoms with Crippen LogP contribution in [-0.4, -0.2) is 48.4 Å². The zero-order valence-corrected chi connectivity index (χ0v) is 10.2. The standard InChI is InChI=1S/C11H11N7O/c1-18(5-10-12-6-13-16-10)11(19)7-2-3-8-9(4-7)15-17-14-8/h2-4,6H,5H2,1H3,(H,12,13,16)(H,14,15,17). The highest BCUT2D eigenvalue weighted by atomic mass is 16.2. The third-order valence-electron chi connectivity index (χ3n) is 2.76. The number of H-pyrrole nitrogens is 2. The molecule has 0 atom stereocenters. The molecule has 8 nitrogen and oxygen atoms in total. The number of fused-ring (bicyclic) bond motifs is 1. The van der Waals surface area contributed by atoms with Crippen LogP contribution in [0.2, 0.25) is 0 Å². The van der Waals surface area contributed by atoms with Crippen LogP contribution in [0.15, 0.2) is 24.5 Å². The lowest BCUT2D eigenvalue weighted by Crippen LogP contribution is -2.26. The smallest absolute Gasteiger partial charge is 0.254 e. The molecule has 3 rings (SSSR count). The molecule has 19 heavy (non-hydrogen) atoms. The number of hydrogen-bond donors (Lipinski definition) is 2. The van der Waals surface area contributed by atoms with E-state index in [4.69, 9.17) is 0 Å². The summed E-state index contributed by atoms with van der Waals surface area (Å²) in [7, 11) is 1.71. The number of nitrogens with zero attached hydrogens (tertiary/aromatic N) is 5. The molecule has 3 aromatic rings. The summed E-state index contributed by atoms with van der Waals surface area (Å²) < 4.78 is 0. The molecule has 0 aliphatic carbocycles. The Hall–Kier alpha value is -2.77. The Balaban J connectivity index is 1.82. The first kappa shape index (κ1) is 11.3. The number of carbonyl (C=O) groups excluding carboxylic acids is 1. The van der Waals surface area contributed by atoms with Gasteiger partial charge in [-0.25, -0.2) is 4.98 Å². The second-order valence-electron chi connectivity index (χ2n) is 4.12. The highest BCUT2D eigenvalue weighted by Gasteiger charge is 2.14. The quantitative estimate of drug-likeness (QED) is 0.704. The van der Waals surface area contributed by atoms with Gasteiger partial charge >= 0.3 is 0 Å². The van der Waals surface area contributed by atoms with Gasteiger partial charge in [0.25, 0.3) is 5.91 Å². The Morgan fingerprint density at radius 2 is 2.16 bits per heavy atom. The summed E-state index contributed by atoms with van der Waals surface area (Å²) in [6, 6.07) is 5.19. The Kier molecular flexibility index (Phi) is 2.67. The first-order valence-corrected chi connectivity index (χ1v) is 5.64. The zero-order valence-electron chi connectivity index (χ0n) is 10.2. The van der Waals surface area contributed by atoms with Crippen molar-refractivity contribution in [2.75, 3.05) is 7.05 Å². The molecular weight excluding hydrogens is 246 g/mol. The molecule has 2 heterocycles. The van der Waals surface area contributed by atoms with Gasteiger partial charge in [0, 0.05) is 12.6 Å². The van der Waals surface area contributed by atoms with E-state index < -0.39 is 0 Å². The van der Waals surface area contributed by atoms with E-state index >= 15 is 0 Å². The minimum atomic E-state index is -0.110. The maximum atomic E-state index is 12.2. The fourth-order valence-corrected chi connectivity index (χ4v) is 1.80. The summed E-state index contributed by atoms with van der Waals surface area (Å²) in [4.78, 5) is 17.8. The number of carbonyl (C=O) groups is 1. The van der Waals surface area contributed by atoms with Gasteiger partial charge in [0.05, 0.1) is 6.54 Å². The second-order valence-corrected chi connectivity index (χ2v) is 4.12. The summed E-state index contributed by atoms with van der Waals surface area (Å²) in [6.07, 6.45) is 1.41. The van der Waals surface area contributed by atoms with Gasteiger partial charge in [0.15, 0.2) is 0 Å². The number of benzene rings is 1. The van der Waals surface area contributed by atoms with Crippen LogP contribution in [-0.2, 0) is 6.54 Å². The number of hydrogen-bond acceptors (Lipinski definition) is 5. The molecular formula is C11H11N7O. The maximum absolute atomic E-state index is 12.2. The van der Waals surface area contributed by atoms with E-state index in [1.165, 1.54) is 6.33 Å². The Bertz CT molecular complexity index is 703. The largest absolute Gasteiger partial charge is 0.334 e. The summed E-state index contributed by atoms with van der Waals surface area (Å²) in [5.74, 6) is 0.527. The lowest BCUT2D eigenvalue weighted by atomic mass is 10.2. The van der Waals surface area contributed by atoms with Crippen LogP contribution in [0.25, 0.3) is 11.0 Å². The van der Waals surface area contributed by atoms with E-state index in [0.29, 0.717) is 23.4 Å². The average Bonchev–Trinajstić information content (AvgIpc) is 3.07. The molecule has 0 aliphatic heterocycles. The molecule has 1 aromatic carbocycles. The minimum Gasteiger partial charge on any atom is -0.334 e. The zero-order chi connectivity index (χ0) is 13.2. The molecule has 0 saturated heterocycles. The van der Waals surface area contributed by atoms with E-state index in [2.05, 4.69) is 30.6 Å². The van der Waals surface area contributed by atoms with Crippen molar-refractivity contribution >= 4 is 16.9 Å². The lowest BCUT2D eigenvalue weighted by Gasteiger charge is -2.15. The highest BCUT2D eigenvalue weighted by molar-refractivity contribution is 5.97. The van der Waals surface area contributed by atoms with Crippen molar-refractivity contribution in [1.82, 2.24) is 35.5 Å². The molecule has 0 saturated carbocycles. The fourth-order valence-electron chi connectivity index (χ4n) is 1.80. The average molecular weight is 257 g/mol. The fraction of sp³-hybridized carbons (Fsp3) is 0.182.